The van der Waals surface area contributed by atoms with Gasteiger partial charge in [-0.15, -0.1) is 0 Å². The first-order chi connectivity index (χ1) is 10.1. The van der Waals surface area contributed by atoms with Gasteiger partial charge in [0.25, 0.3) is 5.69 Å². The summed E-state index contributed by atoms with van der Waals surface area (Å²) in [7, 11) is 1.20. The summed E-state index contributed by atoms with van der Waals surface area (Å²) < 4.78 is 4.54. The average Bonchev–Trinajstić information content (AvgIpc) is 2.53. The van der Waals surface area contributed by atoms with Crippen LogP contribution in [0.4, 0.5) is 5.69 Å². The first kappa shape index (κ1) is 14.4. The first-order valence-corrected chi connectivity index (χ1v) is 6.00. The van der Waals surface area contributed by atoms with Crippen LogP contribution in [0.3, 0.4) is 0 Å². The van der Waals surface area contributed by atoms with E-state index in [1.807, 2.05) is 0 Å². The Kier molecular flexibility index (Phi) is 4.08. The summed E-state index contributed by atoms with van der Waals surface area (Å²) in [6.45, 7) is 0. The van der Waals surface area contributed by atoms with Crippen LogP contribution in [0, 0.1) is 10.1 Å². The Balaban J connectivity index is 2.66. The first-order valence-electron chi connectivity index (χ1n) is 6.00. The van der Waals surface area contributed by atoms with Crippen molar-refractivity contribution in [1.82, 2.24) is 0 Å². The second-order valence-electron chi connectivity index (χ2n) is 4.19. The lowest BCUT2D eigenvalue weighted by molar-refractivity contribution is -0.384. The lowest BCUT2D eigenvalue weighted by Gasteiger charge is -2.07. The van der Waals surface area contributed by atoms with Crippen LogP contribution in [0.1, 0.15) is 20.7 Å². The van der Waals surface area contributed by atoms with Crippen molar-refractivity contribution >= 4 is 17.9 Å². The van der Waals surface area contributed by atoms with Gasteiger partial charge in [-0.25, -0.2) is 4.79 Å². The highest BCUT2D eigenvalue weighted by Crippen LogP contribution is 2.32. The molecule has 0 aliphatic heterocycles. The highest BCUT2D eigenvalue weighted by Gasteiger charge is 2.20. The summed E-state index contributed by atoms with van der Waals surface area (Å²) in [5.41, 5.74) is 0.876. The summed E-state index contributed by atoms with van der Waals surface area (Å²) in [5.74, 6) is -0.659. The van der Waals surface area contributed by atoms with E-state index in [-0.39, 0.29) is 16.8 Å². The van der Waals surface area contributed by atoms with E-state index in [0.29, 0.717) is 17.4 Å². The quantitative estimate of drug-likeness (QED) is 0.373. The third-order valence-electron chi connectivity index (χ3n) is 2.99. The smallest absolute Gasteiger partial charge is 0.338 e. The lowest BCUT2D eigenvalue weighted by atomic mass is 9.97. The fourth-order valence-electron chi connectivity index (χ4n) is 2.00. The summed E-state index contributed by atoms with van der Waals surface area (Å²) in [5, 5.41) is 11.2. The van der Waals surface area contributed by atoms with Crippen LogP contribution in [0.5, 0.6) is 0 Å². The zero-order valence-electron chi connectivity index (χ0n) is 11.1. The van der Waals surface area contributed by atoms with Gasteiger partial charge in [0.05, 0.1) is 23.2 Å². The van der Waals surface area contributed by atoms with Gasteiger partial charge in [0.15, 0.2) is 6.29 Å². The second-order valence-corrected chi connectivity index (χ2v) is 4.19. The normalized spacial score (nSPS) is 9.95. The second kappa shape index (κ2) is 5.96. The molecule has 2 aromatic carbocycles. The van der Waals surface area contributed by atoms with E-state index in [1.165, 1.54) is 19.2 Å². The molecule has 0 heterocycles. The maximum Gasteiger partial charge on any atom is 0.338 e. The van der Waals surface area contributed by atoms with Gasteiger partial charge in [-0.2, -0.15) is 0 Å². The Labute approximate surface area is 120 Å². The molecule has 0 aliphatic carbocycles. The van der Waals surface area contributed by atoms with Gasteiger partial charge in [0, 0.05) is 11.6 Å². The number of nitro benzene ring substituents is 1. The van der Waals surface area contributed by atoms with E-state index in [2.05, 4.69) is 4.74 Å². The van der Waals surface area contributed by atoms with Crippen molar-refractivity contribution in [3.63, 3.8) is 0 Å². The minimum atomic E-state index is -0.659. The molecule has 6 nitrogen and oxygen atoms in total. The Bertz CT molecular complexity index is 724. The maximum atomic E-state index is 11.5. The van der Waals surface area contributed by atoms with Crippen LogP contribution in [0.15, 0.2) is 42.5 Å². The molecule has 0 radical (unpaired) electrons. The van der Waals surface area contributed by atoms with Gasteiger partial charge in [-0.3, -0.25) is 14.9 Å². The molecule has 0 spiro atoms. The topological polar surface area (TPSA) is 86.5 Å². The Morgan fingerprint density at radius 3 is 2.52 bits per heavy atom. The highest BCUT2D eigenvalue weighted by molar-refractivity contribution is 5.94. The molecule has 0 aliphatic rings. The fourth-order valence-corrected chi connectivity index (χ4v) is 2.00. The maximum absolute atomic E-state index is 11.5. The minimum absolute atomic E-state index is 0.0801. The average molecular weight is 285 g/mol. The number of benzene rings is 2. The van der Waals surface area contributed by atoms with Crippen molar-refractivity contribution in [2.24, 2.45) is 0 Å². The molecule has 0 saturated carbocycles. The number of hydrogen-bond donors (Lipinski definition) is 0. The van der Waals surface area contributed by atoms with Crippen LogP contribution in [-0.4, -0.2) is 24.3 Å². The Hall–Kier alpha value is -3.02. The molecule has 2 rings (SSSR count). The molecule has 0 unspecified atom stereocenters. The fraction of sp³-hybridized carbons (Fsp3) is 0.0667. The van der Waals surface area contributed by atoms with Crippen LogP contribution >= 0.6 is 0 Å². The van der Waals surface area contributed by atoms with E-state index in [1.54, 1.807) is 24.3 Å². The molecule has 0 saturated heterocycles. The van der Waals surface area contributed by atoms with Crippen molar-refractivity contribution < 1.29 is 19.2 Å². The number of nitro groups is 1. The minimum Gasteiger partial charge on any atom is -0.465 e. The number of carbonyl (C=O) groups excluding carboxylic acids is 2. The van der Waals surface area contributed by atoms with Crippen LogP contribution in [-0.2, 0) is 4.74 Å². The number of methoxy groups -OCH3 is 1. The molecule has 2 aromatic rings. The largest absolute Gasteiger partial charge is 0.465 e. The molecule has 0 aromatic heterocycles. The number of esters is 1. The zero-order valence-corrected chi connectivity index (χ0v) is 11.1. The molecular formula is C15H11NO5. The molecule has 106 valence electrons. The highest BCUT2D eigenvalue weighted by atomic mass is 16.6. The molecule has 0 N–H and O–H groups in total. The number of ether oxygens (including phenoxy) is 1. The molecule has 6 heteroatoms. The van der Waals surface area contributed by atoms with E-state index in [4.69, 9.17) is 0 Å². The monoisotopic (exact) mass is 285 g/mol. The Morgan fingerprint density at radius 2 is 1.90 bits per heavy atom. The van der Waals surface area contributed by atoms with E-state index in [0.717, 1.165) is 6.07 Å². The number of aldehydes is 1. The van der Waals surface area contributed by atoms with Crippen molar-refractivity contribution in [3.05, 3.63) is 63.7 Å². The van der Waals surface area contributed by atoms with E-state index < -0.39 is 10.9 Å². The zero-order chi connectivity index (χ0) is 15.4. The number of nitrogens with zero attached hydrogens (tertiary/aromatic N) is 1. The van der Waals surface area contributed by atoms with Gasteiger partial charge in [0.1, 0.15) is 0 Å². The predicted molar refractivity (Wildman–Crippen MR) is 75.3 cm³/mol. The lowest BCUT2D eigenvalue weighted by Crippen LogP contribution is -2.03. The van der Waals surface area contributed by atoms with Gasteiger partial charge in [-0.1, -0.05) is 24.3 Å². The summed E-state index contributed by atoms with van der Waals surface area (Å²) in [4.78, 5) is 33.1. The number of rotatable bonds is 4. The standard InChI is InChI=1S/C15H11NO5/c1-21-15(18)10-6-7-13(14(8-10)16(19)20)12-5-3-2-4-11(12)9-17/h2-9H,1H3. The van der Waals surface area contributed by atoms with Gasteiger partial charge < -0.3 is 4.74 Å². The summed E-state index contributed by atoms with van der Waals surface area (Å²) >= 11 is 0. The van der Waals surface area contributed by atoms with Crippen molar-refractivity contribution in [1.29, 1.82) is 0 Å². The van der Waals surface area contributed by atoms with Crippen LogP contribution in [0.2, 0.25) is 0 Å². The predicted octanol–water partition coefficient (Wildman–Crippen LogP) is 2.86. The van der Waals surface area contributed by atoms with Crippen molar-refractivity contribution in [2.45, 2.75) is 0 Å². The molecule has 21 heavy (non-hydrogen) atoms. The van der Waals surface area contributed by atoms with E-state index in [9.17, 15) is 19.7 Å². The van der Waals surface area contributed by atoms with Crippen LogP contribution in [0.25, 0.3) is 11.1 Å². The third kappa shape index (κ3) is 2.79. The Morgan fingerprint density at radius 1 is 1.19 bits per heavy atom. The van der Waals surface area contributed by atoms with Crippen molar-refractivity contribution in [2.75, 3.05) is 7.11 Å². The third-order valence-corrected chi connectivity index (χ3v) is 2.99. The molecule has 0 fully saturated rings. The van der Waals surface area contributed by atoms with Gasteiger partial charge in [-0.05, 0) is 17.7 Å². The molecule has 0 amide bonds. The van der Waals surface area contributed by atoms with Gasteiger partial charge in [0.2, 0.25) is 0 Å². The summed E-state index contributed by atoms with van der Waals surface area (Å²) in [6.07, 6.45) is 0.632. The van der Waals surface area contributed by atoms with Gasteiger partial charge >= 0.3 is 5.97 Å². The van der Waals surface area contributed by atoms with Crippen LogP contribution < -0.4 is 0 Å². The number of hydrogen-bond acceptors (Lipinski definition) is 5. The molecular weight excluding hydrogens is 274 g/mol. The van der Waals surface area contributed by atoms with Crippen molar-refractivity contribution in [3.8, 4) is 11.1 Å². The molecule has 0 bridgehead atoms. The SMILES string of the molecule is COC(=O)c1ccc(-c2ccccc2C=O)c([N+](=O)[O-])c1. The summed E-state index contributed by atoms with van der Waals surface area (Å²) in [6, 6.07) is 10.5. The number of carbonyl (C=O) groups is 2. The van der Waals surface area contributed by atoms with E-state index >= 15 is 0 Å². The molecule has 0 atom stereocenters.